The van der Waals surface area contributed by atoms with Gasteiger partial charge in [-0.3, -0.25) is 0 Å². The van der Waals surface area contributed by atoms with Crippen molar-refractivity contribution in [3.63, 3.8) is 0 Å². The summed E-state index contributed by atoms with van der Waals surface area (Å²) in [5.41, 5.74) is 10.3. The Labute approximate surface area is 109 Å². The lowest BCUT2D eigenvalue weighted by Crippen LogP contribution is -2.02. The van der Waals surface area contributed by atoms with Crippen LogP contribution in [0.2, 0.25) is 0 Å². The zero-order valence-corrected chi connectivity index (χ0v) is 11.0. The lowest BCUT2D eigenvalue weighted by molar-refractivity contribution is 0.865. The van der Waals surface area contributed by atoms with Crippen LogP contribution in [0.5, 0.6) is 0 Å². The maximum absolute atomic E-state index is 5.89. The third-order valence-corrected chi connectivity index (χ3v) is 3.09. The maximum Gasteiger partial charge on any atom is 0.0576 e. The summed E-state index contributed by atoms with van der Waals surface area (Å²) in [5, 5.41) is 3.35. The molecule has 2 nitrogen and oxygen atoms in total. The minimum Gasteiger partial charge on any atom is -0.397 e. The highest BCUT2D eigenvalue weighted by Gasteiger charge is 2.00. The molecule has 0 saturated carbocycles. The maximum atomic E-state index is 5.89. The van der Waals surface area contributed by atoms with Gasteiger partial charge in [0, 0.05) is 6.54 Å². The lowest BCUT2D eigenvalue weighted by Gasteiger charge is -2.10. The Kier molecular flexibility index (Phi) is 3.88. The average Bonchev–Trinajstić information content (AvgIpc) is 2.38. The quantitative estimate of drug-likeness (QED) is 0.793. The second-order valence-electron chi connectivity index (χ2n) is 4.84. The van der Waals surface area contributed by atoms with Gasteiger partial charge in [-0.15, -0.1) is 0 Å². The fourth-order valence-corrected chi connectivity index (χ4v) is 1.88. The third kappa shape index (κ3) is 3.04. The molecule has 18 heavy (non-hydrogen) atoms. The van der Waals surface area contributed by atoms with Crippen molar-refractivity contribution in [2.45, 2.75) is 26.3 Å². The number of rotatable bonds is 4. The molecule has 0 fully saturated rings. The molecule has 0 aromatic heterocycles. The van der Waals surface area contributed by atoms with Gasteiger partial charge < -0.3 is 11.1 Å². The van der Waals surface area contributed by atoms with E-state index in [9.17, 15) is 0 Å². The predicted octanol–water partition coefficient (Wildman–Crippen LogP) is 4.00. The van der Waals surface area contributed by atoms with Gasteiger partial charge >= 0.3 is 0 Å². The molecule has 0 amide bonds. The molecule has 0 radical (unpaired) electrons. The van der Waals surface area contributed by atoms with E-state index < -0.39 is 0 Å². The molecular formula is C16H20N2. The van der Waals surface area contributed by atoms with Crippen LogP contribution >= 0.6 is 0 Å². The molecule has 0 spiro atoms. The fraction of sp³-hybridized carbons (Fsp3) is 0.250. The molecule has 0 heterocycles. The van der Waals surface area contributed by atoms with Crippen LogP contribution in [0.4, 0.5) is 11.4 Å². The molecule has 0 saturated heterocycles. The zero-order chi connectivity index (χ0) is 13.0. The molecule has 0 bridgehead atoms. The molecule has 0 aliphatic rings. The Hall–Kier alpha value is -1.96. The summed E-state index contributed by atoms with van der Waals surface area (Å²) in [5.74, 6) is 0.580. The van der Waals surface area contributed by atoms with Crippen LogP contribution < -0.4 is 11.1 Å². The first-order valence-corrected chi connectivity index (χ1v) is 6.34. The zero-order valence-electron chi connectivity index (χ0n) is 11.0. The van der Waals surface area contributed by atoms with Gasteiger partial charge in [0.1, 0.15) is 0 Å². The Bertz CT molecular complexity index is 501. The fourth-order valence-electron chi connectivity index (χ4n) is 1.88. The van der Waals surface area contributed by atoms with Gasteiger partial charge in [0.25, 0.3) is 0 Å². The summed E-state index contributed by atoms with van der Waals surface area (Å²) in [6.07, 6.45) is 0. The summed E-state index contributed by atoms with van der Waals surface area (Å²) >= 11 is 0. The van der Waals surface area contributed by atoms with Crippen molar-refractivity contribution in [3.05, 3.63) is 59.7 Å². The van der Waals surface area contributed by atoms with E-state index in [1.54, 1.807) is 0 Å². The SMILES string of the molecule is CC(C)c1ccc(CNc2ccccc2N)cc1. The lowest BCUT2D eigenvalue weighted by atomic mass is 10.0. The summed E-state index contributed by atoms with van der Waals surface area (Å²) in [6, 6.07) is 16.6. The highest BCUT2D eigenvalue weighted by atomic mass is 14.9. The molecule has 2 aromatic rings. The second-order valence-corrected chi connectivity index (χ2v) is 4.84. The van der Waals surface area contributed by atoms with Gasteiger partial charge in [0.2, 0.25) is 0 Å². The van der Waals surface area contributed by atoms with E-state index in [1.165, 1.54) is 11.1 Å². The minimum atomic E-state index is 0.580. The number of nitrogens with two attached hydrogens (primary N) is 1. The summed E-state index contributed by atoms with van der Waals surface area (Å²) < 4.78 is 0. The molecule has 2 aromatic carbocycles. The van der Waals surface area contributed by atoms with Crippen LogP contribution in [0.1, 0.15) is 30.9 Å². The average molecular weight is 240 g/mol. The second kappa shape index (κ2) is 5.58. The summed E-state index contributed by atoms with van der Waals surface area (Å²) in [4.78, 5) is 0. The standard InChI is InChI=1S/C16H20N2/c1-12(2)14-9-7-13(8-10-14)11-18-16-6-4-3-5-15(16)17/h3-10,12,18H,11,17H2,1-2H3. The van der Waals surface area contributed by atoms with Crippen LogP contribution in [0.3, 0.4) is 0 Å². The Morgan fingerprint density at radius 2 is 1.67 bits per heavy atom. The van der Waals surface area contributed by atoms with Crippen LogP contribution in [0.15, 0.2) is 48.5 Å². The van der Waals surface area contributed by atoms with E-state index in [0.29, 0.717) is 5.92 Å². The smallest absolute Gasteiger partial charge is 0.0576 e. The molecule has 3 N–H and O–H groups in total. The molecule has 2 rings (SSSR count). The van der Waals surface area contributed by atoms with Crippen LogP contribution in [-0.2, 0) is 6.54 Å². The molecule has 0 aliphatic heterocycles. The van der Waals surface area contributed by atoms with Gasteiger partial charge in [-0.1, -0.05) is 50.2 Å². The van der Waals surface area contributed by atoms with Gasteiger partial charge in [0.05, 0.1) is 11.4 Å². The van der Waals surface area contributed by atoms with E-state index in [0.717, 1.165) is 17.9 Å². The summed E-state index contributed by atoms with van der Waals surface area (Å²) in [7, 11) is 0. The molecule has 94 valence electrons. The van der Waals surface area contributed by atoms with E-state index in [1.807, 2.05) is 24.3 Å². The number of hydrogen-bond donors (Lipinski definition) is 2. The van der Waals surface area contributed by atoms with E-state index in [-0.39, 0.29) is 0 Å². The van der Waals surface area contributed by atoms with Crippen molar-refractivity contribution in [1.29, 1.82) is 0 Å². The minimum absolute atomic E-state index is 0.580. The van der Waals surface area contributed by atoms with Gasteiger partial charge in [-0.2, -0.15) is 0 Å². The van der Waals surface area contributed by atoms with Crippen molar-refractivity contribution in [2.24, 2.45) is 0 Å². The number of anilines is 2. The monoisotopic (exact) mass is 240 g/mol. The Morgan fingerprint density at radius 3 is 2.28 bits per heavy atom. The van der Waals surface area contributed by atoms with E-state index >= 15 is 0 Å². The Morgan fingerprint density at radius 1 is 1.00 bits per heavy atom. The number of nitrogens with one attached hydrogen (secondary N) is 1. The molecular weight excluding hydrogens is 220 g/mol. The van der Waals surface area contributed by atoms with E-state index in [2.05, 4.69) is 43.4 Å². The van der Waals surface area contributed by atoms with E-state index in [4.69, 9.17) is 5.73 Å². The number of hydrogen-bond acceptors (Lipinski definition) is 2. The van der Waals surface area contributed by atoms with Gasteiger partial charge in [-0.05, 0) is 29.2 Å². The van der Waals surface area contributed by atoms with Crippen LogP contribution in [0, 0.1) is 0 Å². The van der Waals surface area contributed by atoms with Gasteiger partial charge in [0.15, 0.2) is 0 Å². The number of nitrogen functional groups attached to an aromatic ring is 1. The molecule has 0 aliphatic carbocycles. The molecule has 0 unspecified atom stereocenters. The molecule has 0 atom stereocenters. The van der Waals surface area contributed by atoms with Crippen LogP contribution in [0.25, 0.3) is 0 Å². The largest absolute Gasteiger partial charge is 0.397 e. The highest BCUT2D eigenvalue weighted by Crippen LogP contribution is 2.19. The normalized spacial score (nSPS) is 10.6. The third-order valence-electron chi connectivity index (χ3n) is 3.09. The van der Waals surface area contributed by atoms with Crippen molar-refractivity contribution >= 4 is 11.4 Å². The van der Waals surface area contributed by atoms with Gasteiger partial charge in [-0.25, -0.2) is 0 Å². The van der Waals surface area contributed by atoms with Crippen molar-refractivity contribution in [2.75, 3.05) is 11.1 Å². The van der Waals surface area contributed by atoms with Crippen molar-refractivity contribution in [1.82, 2.24) is 0 Å². The topological polar surface area (TPSA) is 38.0 Å². The highest BCUT2D eigenvalue weighted by molar-refractivity contribution is 5.65. The first kappa shape index (κ1) is 12.5. The predicted molar refractivity (Wildman–Crippen MR) is 78.7 cm³/mol. The number of para-hydroxylation sites is 2. The first-order chi connectivity index (χ1) is 8.66. The Balaban J connectivity index is 2.00. The number of benzene rings is 2. The first-order valence-electron chi connectivity index (χ1n) is 6.34. The van der Waals surface area contributed by atoms with Crippen molar-refractivity contribution in [3.8, 4) is 0 Å². The summed E-state index contributed by atoms with van der Waals surface area (Å²) in [6.45, 7) is 5.21. The van der Waals surface area contributed by atoms with Crippen LogP contribution in [-0.4, -0.2) is 0 Å². The molecule has 2 heteroatoms. The van der Waals surface area contributed by atoms with Crippen molar-refractivity contribution < 1.29 is 0 Å².